The van der Waals surface area contributed by atoms with E-state index >= 15 is 0 Å². The lowest BCUT2D eigenvalue weighted by Gasteiger charge is -2.15. The largest absolute Gasteiger partial charge is 0.342 e. The van der Waals surface area contributed by atoms with Crippen molar-refractivity contribution in [3.05, 3.63) is 65.1 Å². The van der Waals surface area contributed by atoms with Crippen molar-refractivity contribution in [1.29, 1.82) is 0 Å². The van der Waals surface area contributed by atoms with Gasteiger partial charge in [-0.1, -0.05) is 24.3 Å². The third kappa shape index (κ3) is 2.88. The highest BCUT2D eigenvalue weighted by Gasteiger charge is 2.23. The number of nitrogens with zero attached hydrogens (tertiary/aromatic N) is 4. The number of carbonyl (C=O) groups excluding carboxylic acids is 1. The predicted octanol–water partition coefficient (Wildman–Crippen LogP) is 3.99. The molecule has 28 heavy (non-hydrogen) atoms. The van der Waals surface area contributed by atoms with Gasteiger partial charge in [0.1, 0.15) is 5.82 Å². The van der Waals surface area contributed by atoms with E-state index in [2.05, 4.69) is 20.1 Å². The summed E-state index contributed by atoms with van der Waals surface area (Å²) in [6, 6.07) is 13.4. The Bertz CT molecular complexity index is 1160. The molecule has 0 aliphatic carbocycles. The van der Waals surface area contributed by atoms with Crippen molar-refractivity contribution < 1.29 is 4.79 Å². The summed E-state index contributed by atoms with van der Waals surface area (Å²) >= 11 is 1.61. The number of nitrogens with one attached hydrogen (secondary N) is 1. The number of amides is 1. The lowest BCUT2D eigenvalue weighted by atomic mass is 10.1. The van der Waals surface area contributed by atoms with Crippen LogP contribution < -0.4 is 5.32 Å². The molecule has 1 aliphatic heterocycles. The van der Waals surface area contributed by atoms with Gasteiger partial charge in [0.05, 0.1) is 27.7 Å². The number of thiophene rings is 1. The molecule has 5 rings (SSSR count). The van der Waals surface area contributed by atoms with Crippen LogP contribution in [0.3, 0.4) is 0 Å². The first kappa shape index (κ1) is 17.1. The maximum Gasteiger partial charge on any atom is 0.252 e. The van der Waals surface area contributed by atoms with Crippen molar-refractivity contribution in [1.82, 2.24) is 25.1 Å². The van der Waals surface area contributed by atoms with E-state index in [1.807, 2.05) is 54.8 Å². The van der Waals surface area contributed by atoms with Crippen molar-refractivity contribution in [2.45, 2.75) is 32.4 Å². The molecule has 0 fully saturated rings. The molecule has 1 atom stereocenters. The maximum atomic E-state index is 13.2. The monoisotopic (exact) mass is 389 g/mol. The van der Waals surface area contributed by atoms with Gasteiger partial charge in [0.15, 0.2) is 5.82 Å². The van der Waals surface area contributed by atoms with Crippen LogP contribution in [-0.4, -0.2) is 25.7 Å². The molecule has 1 N–H and O–H groups in total. The van der Waals surface area contributed by atoms with Crippen LogP contribution in [0.2, 0.25) is 0 Å². The first-order valence-electron chi connectivity index (χ1n) is 9.37. The molecular weight excluding hydrogens is 370 g/mol. The smallest absolute Gasteiger partial charge is 0.252 e. The van der Waals surface area contributed by atoms with Gasteiger partial charge < -0.3 is 9.88 Å². The highest BCUT2D eigenvalue weighted by Crippen LogP contribution is 2.28. The fraction of sp³-hybridized carbons (Fsp3) is 0.238. The summed E-state index contributed by atoms with van der Waals surface area (Å²) in [5.41, 5.74) is 2.26. The number of pyridine rings is 1. The second kappa shape index (κ2) is 6.83. The third-order valence-corrected chi connectivity index (χ3v) is 6.00. The molecule has 4 aromatic rings. The van der Waals surface area contributed by atoms with Crippen LogP contribution in [0.1, 0.15) is 41.4 Å². The third-order valence-electron chi connectivity index (χ3n) is 5.11. The van der Waals surface area contributed by atoms with Gasteiger partial charge in [0.2, 0.25) is 0 Å². The number of hydrogen-bond acceptors (Lipinski definition) is 5. The molecule has 6 nitrogen and oxygen atoms in total. The van der Waals surface area contributed by atoms with Gasteiger partial charge in [-0.25, -0.2) is 4.98 Å². The lowest BCUT2D eigenvalue weighted by molar-refractivity contribution is 0.0939. The Morgan fingerprint density at radius 1 is 1.21 bits per heavy atom. The zero-order chi connectivity index (χ0) is 19.1. The predicted molar refractivity (Wildman–Crippen MR) is 109 cm³/mol. The minimum absolute atomic E-state index is 0.126. The lowest BCUT2D eigenvalue weighted by Crippen LogP contribution is -2.29. The second-order valence-electron chi connectivity index (χ2n) is 6.97. The highest BCUT2D eigenvalue weighted by molar-refractivity contribution is 7.13. The van der Waals surface area contributed by atoms with Gasteiger partial charge >= 0.3 is 0 Å². The van der Waals surface area contributed by atoms with E-state index in [0.29, 0.717) is 5.56 Å². The van der Waals surface area contributed by atoms with Crippen molar-refractivity contribution in [3.63, 3.8) is 0 Å². The number of aromatic nitrogens is 4. The maximum absolute atomic E-state index is 13.2. The van der Waals surface area contributed by atoms with E-state index in [-0.39, 0.29) is 11.9 Å². The average molecular weight is 389 g/mol. The minimum atomic E-state index is -0.219. The summed E-state index contributed by atoms with van der Waals surface area (Å²) in [4.78, 5) is 19.0. The summed E-state index contributed by atoms with van der Waals surface area (Å²) in [6.45, 7) is 2.87. The van der Waals surface area contributed by atoms with E-state index in [0.717, 1.165) is 52.5 Å². The number of benzene rings is 1. The number of carbonyl (C=O) groups is 1. The molecule has 3 aromatic heterocycles. The fourth-order valence-electron chi connectivity index (χ4n) is 3.75. The molecule has 0 saturated carbocycles. The first-order chi connectivity index (χ1) is 13.7. The van der Waals surface area contributed by atoms with E-state index in [1.54, 1.807) is 11.3 Å². The first-order valence-corrected chi connectivity index (χ1v) is 10.2. The standard InChI is InChI=1S/C21H19N5OS/c1-13(20-25-24-19-9-4-10-26(19)20)22-21(27)15-12-17(18-8-5-11-28-18)23-16-7-3-2-6-14(15)16/h2-3,5-8,11-13H,4,9-10H2,1H3,(H,22,27). The molecule has 0 radical (unpaired) electrons. The van der Waals surface area contributed by atoms with Gasteiger partial charge in [-0.05, 0) is 36.9 Å². The molecule has 1 amide bonds. The Balaban J connectivity index is 1.51. The Morgan fingerprint density at radius 3 is 2.96 bits per heavy atom. The molecule has 0 saturated heterocycles. The van der Waals surface area contributed by atoms with Crippen molar-refractivity contribution in [2.24, 2.45) is 0 Å². The molecule has 1 aliphatic rings. The molecule has 0 spiro atoms. The SMILES string of the molecule is CC(NC(=O)c1cc(-c2cccs2)nc2ccccc12)c1nnc2n1CCC2. The second-order valence-corrected chi connectivity index (χ2v) is 7.92. The van der Waals surface area contributed by atoms with Gasteiger partial charge in [-0.3, -0.25) is 4.79 Å². The molecule has 1 aromatic carbocycles. The Morgan fingerprint density at radius 2 is 2.11 bits per heavy atom. The van der Waals surface area contributed by atoms with Gasteiger partial charge in [0.25, 0.3) is 5.91 Å². The summed E-state index contributed by atoms with van der Waals surface area (Å²) in [5.74, 6) is 1.70. The van der Waals surface area contributed by atoms with Gasteiger partial charge in [-0.2, -0.15) is 0 Å². The Hall–Kier alpha value is -3.06. The number of para-hydroxylation sites is 1. The van der Waals surface area contributed by atoms with Gasteiger partial charge in [0, 0.05) is 18.4 Å². The summed E-state index contributed by atoms with van der Waals surface area (Å²) in [5, 5.41) is 14.5. The minimum Gasteiger partial charge on any atom is -0.342 e. The van der Waals surface area contributed by atoms with Crippen molar-refractivity contribution >= 4 is 28.1 Å². The number of hydrogen-bond donors (Lipinski definition) is 1. The molecule has 4 heterocycles. The Labute approximate surface area is 166 Å². The zero-order valence-corrected chi connectivity index (χ0v) is 16.2. The average Bonchev–Trinajstić information content (AvgIpc) is 3.44. The quantitative estimate of drug-likeness (QED) is 0.573. The van der Waals surface area contributed by atoms with E-state index in [4.69, 9.17) is 4.98 Å². The summed E-state index contributed by atoms with van der Waals surface area (Å²) in [7, 11) is 0. The van der Waals surface area contributed by atoms with Crippen LogP contribution in [-0.2, 0) is 13.0 Å². The molecule has 0 bridgehead atoms. The van der Waals surface area contributed by atoms with Crippen LogP contribution in [0, 0.1) is 0 Å². The highest BCUT2D eigenvalue weighted by atomic mass is 32.1. The summed E-state index contributed by atoms with van der Waals surface area (Å²) in [6.07, 6.45) is 2.03. The van der Waals surface area contributed by atoms with Crippen molar-refractivity contribution in [2.75, 3.05) is 0 Å². The zero-order valence-electron chi connectivity index (χ0n) is 15.4. The molecular formula is C21H19N5OS. The van der Waals surface area contributed by atoms with Crippen molar-refractivity contribution in [3.8, 4) is 10.6 Å². The molecule has 140 valence electrons. The van der Waals surface area contributed by atoms with Crippen LogP contribution in [0.15, 0.2) is 47.8 Å². The van der Waals surface area contributed by atoms with E-state index < -0.39 is 0 Å². The molecule has 1 unspecified atom stereocenters. The van der Waals surface area contributed by atoms with Crippen LogP contribution in [0.5, 0.6) is 0 Å². The van der Waals surface area contributed by atoms with E-state index in [1.165, 1.54) is 0 Å². The molecule has 7 heteroatoms. The van der Waals surface area contributed by atoms with Gasteiger partial charge in [-0.15, -0.1) is 21.5 Å². The number of rotatable bonds is 4. The Kier molecular flexibility index (Phi) is 4.16. The summed E-state index contributed by atoms with van der Waals surface area (Å²) < 4.78 is 2.12. The number of fused-ring (bicyclic) bond motifs is 2. The van der Waals surface area contributed by atoms with Crippen LogP contribution >= 0.6 is 11.3 Å². The van der Waals surface area contributed by atoms with E-state index in [9.17, 15) is 4.79 Å². The number of aryl methyl sites for hydroxylation is 1. The van der Waals surface area contributed by atoms with Crippen LogP contribution in [0.4, 0.5) is 0 Å². The topological polar surface area (TPSA) is 72.7 Å². The normalized spacial score (nSPS) is 14.2. The van der Waals surface area contributed by atoms with Crippen LogP contribution in [0.25, 0.3) is 21.5 Å². The fourth-order valence-corrected chi connectivity index (χ4v) is 4.43.